The zero-order chi connectivity index (χ0) is 16.5. The lowest BCUT2D eigenvalue weighted by Gasteiger charge is -2.28. The third-order valence-corrected chi connectivity index (χ3v) is 3.82. The highest BCUT2D eigenvalue weighted by Crippen LogP contribution is 2.28. The molecule has 0 bridgehead atoms. The predicted octanol–water partition coefficient (Wildman–Crippen LogP) is 4.17. The SMILES string of the molecule is C[C@@H]1C[C@H](C(=O)c2ccc(Cl)cc2)N(C(=O)OC(C)(C)C)C1. The number of hydrogen-bond acceptors (Lipinski definition) is 3. The fourth-order valence-corrected chi connectivity index (χ4v) is 2.75. The average Bonchev–Trinajstić information content (AvgIpc) is 2.79. The number of likely N-dealkylation sites (tertiary alicyclic amines) is 1. The topological polar surface area (TPSA) is 46.6 Å². The number of hydrogen-bond donors (Lipinski definition) is 0. The summed E-state index contributed by atoms with van der Waals surface area (Å²) in [5, 5.41) is 0.584. The highest BCUT2D eigenvalue weighted by Gasteiger charge is 2.39. The Kier molecular flexibility index (Phi) is 4.81. The fourth-order valence-electron chi connectivity index (χ4n) is 2.62. The second-order valence-corrected chi connectivity index (χ2v) is 7.30. The summed E-state index contributed by atoms with van der Waals surface area (Å²) in [4.78, 5) is 26.6. The van der Waals surface area contributed by atoms with Gasteiger partial charge in [0.15, 0.2) is 5.78 Å². The number of carbonyl (C=O) groups is 2. The van der Waals surface area contributed by atoms with Crippen molar-refractivity contribution < 1.29 is 14.3 Å². The number of rotatable bonds is 2. The van der Waals surface area contributed by atoms with Gasteiger partial charge in [-0.2, -0.15) is 0 Å². The zero-order valence-corrected chi connectivity index (χ0v) is 14.2. The van der Waals surface area contributed by atoms with Gasteiger partial charge in [-0.25, -0.2) is 4.79 Å². The highest BCUT2D eigenvalue weighted by atomic mass is 35.5. The van der Waals surface area contributed by atoms with Crippen molar-refractivity contribution >= 4 is 23.5 Å². The number of nitrogens with zero attached hydrogens (tertiary/aromatic N) is 1. The number of ketones is 1. The molecule has 1 amide bonds. The number of benzene rings is 1. The Balaban J connectivity index is 2.18. The number of amides is 1. The average molecular weight is 324 g/mol. The van der Waals surface area contributed by atoms with E-state index in [0.717, 1.165) is 0 Å². The molecule has 1 aromatic rings. The first-order valence-electron chi connectivity index (χ1n) is 7.47. The maximum Gasteiger partial charge on any atom is 0.410 e. The lowest BCUT2D eigenvalue weighted by Crippen LogP contribution is -2.43. The Morgan fingerprint density at radius 2 is 1.82 bits per heavy atom. The number of halogens is 1. The van der Waals surface area contributed by atoms with E-state index in [1.54, 1.807) is 29.2 Å². The van der Waals surface area contributed by atoms with Crippen LogP contribution in [0.1, 0.15) is 44.5 Å². The van der Waals surface area contributed by atoms with E-state index < -0.39 is 17.7 Å². The number of Topliss-reactive ketones (excluding diaryl/α,β-unsaturated/α-hetero) is 1. The second-order valence-electron chi connectivity index (χ2n) is 6.86. The van der Waals surface area contributed by atoms with Gasteiger partial charge < -0.3 is 4.74 Å². The minimum absolute atomic E-state index is 0.0631. The normalized spacial score (nSPS) is 21.8. The van der Waals surface area contributed by atoms with Crippen molar-refractivity contribution in [3.05, 3.63) is 34.9 Å². The summed E-state index contributed by atoms with van der Waals surface area (Å²) < 4.78 is 5.42. The molecule has 2 atom stereocenters. The van der Waals surface area contributed by atoms with Crippen LogP contribution >= 0.6 is 11.6 Å². The van der Waals surface area contributed by atoms with Crippen molar-refractivity contribution in [3.63, 3.8) is 0 Å². The van der Waals surface area contributed by atoms with Crippen LogP contribution in [0.5, 0.6) is 0 Å². The number of carbonyl (C=O) groups excluding carboxylic acids is 2. The molecule has 0 radical (unpaired) electrons. The molecular weight excluding hydrogens is 302 g/mol. The molecule has 1 fully saturated rings. The molecule has 2 rings (SSSR count). The Hall–Kier alpha value is -1.55. The van der Waals surface area contributed by atoms with E-state index in [0.29, 0.717) is 23.6 Å². The van der Waals surface area contributed by atoms with Gasteiger partial charge in [0.05, 0.1) is 6.04 Å². The molecule has 0 N–H and O–H groups in total. The molecule has 1 saturated heterocycles. The monoisotopic (exact) mass is 323 g/mol. The molecule has 22 heavy (non-hydrogen) atoms. The standard InChI is InChI=1S/C17H22ClNO3/c1-11-9-14(15(20)12-5-7-13(18)8-6-12)19(10-11)16(21)22-17(2,3)4/h5-8,11,14H,9-10H2,1-4H3/t11-,14-/m1/s1. The van der Waals surface area contributed by atoms with Crippen LogP contribution in [-0.2, 0) is 4.74 Å². The molecule has 0 saturated carbocycles. The largest absolute Gasteiger partial charge is 0.444 e. The molecule has 120 valence electrons. The molecule has 0 aliphatic carbocycles. The zero-order valence-electron chi connectivity index (χ0n) is 13.4. The summed E-state index contributed by atoms with van der Waals surface area (Å²) in [5.74, 6) is 0.209. The summed E-state index contributed by atoms with van der Waals surface area (Å²) in [6, 6.07) is 6.30. The first-order valence-corrected chi connectivity index (χ1v) is 7.84. The van der Waals surface area contributed by atoms with Gasteiger partial charge in [-0.05, 0) is 57.4 Å². The molecule has 5 heteroatoms. The molecule has 1 heterocycles. The molecule has 0 unspecified atom stereocenters. The minimum atomic E-state index is -0.573. The molecule has 1 aliphatic rings. The van der Waals surface area contributed by atoms with E-state index in [1.807, 2.05) is 27.7 Å². The molecular formula is C17H22ClNO3. The van der Waals surface area contributed by atoms with E-state index in [2.05, 4.69) is 0 Å². The number of ether oxygens (including phenoxy) is 1. The van der Waals surface area contributed by atoms with E-state index in [1.165, 1.54) is 0 Å². The van der Waals surface area contributed by atoms with E-state index in [-0.39, 0.29) is 11.7 Å². The maximum absolute atomic E-state index is 12.7. The van der Waals surface area contributed by atoms with Crippen molar-refractivity contribution in [1.29, 1.82) is 0 Å². The summed E-state index contributed by atoms with van der Waals surface area (Å²) in [6.45, 7) is 8.03. The Labute approximate surface area is 136 Å². The molecule has 0 aromatic heterocycles. The minimum Gasteiger partial charge on any atom is -0.444 e. The lowest BCUT2D eigenvalue weighted by molar-refractivity contribution is 0.0218. The van der Waals surface area contributed by atoms with Crippen molar-refractivity contribution in [2.45, 2.75) is 45.8 Å². The van der Waals surface area contributed by atoms with Gasteiger partial charge in [0.25, 0.3) is 0 Å². The Morgan fingerprint density at radius 1 is 1.23 bits per heavy atom. The van der Waals surface area contributed by atoms with Gasteiger partial charge >= 0.3 is 6.09 Å². The summed E-state index contributed by atoms with van der Waals surface area (Å²) in [7, 11) is 0. The smallest absolute Gasteiger partial charge is 0.410 e. The van der Waals surface area contributed by atoms with Gasteiger partial charge in [-0.15, -0.1) is 0 Å². The highest BCUT2D eigenvalue weighted by molar-refractivity contribution is 6.30. The van der Waals surface area contributed by atoms with Gasteiger partial charge in [0.2, 0.25) is 0 Å². The van der Waals surface area contributed by atoms with Crippen LogP contribution in [0.15, 0.2) is 24.3 Å². The lowest BCUT2D eigenvalue weighted by atomic mass is 9.99. The van der Waals surface area contributed by atoms with Crippen molar-refractivity contribution in [1.82, 2.24) is 4.90 Å². The third-order valence-electron chi connectivity index (χ3n) is 3.57. The van der Waals surface area contributed by atoms with Gasteiger partial charge in [-0.1, -0.05) is 18.5 Å². The van der Waals surface area contributed by atoms with E-state index >= 15 is 0 Å². The summed E-state index contributed by atoms with van der Waals surface area (Å²) >= 11 is 5.86. The first kappa shape index (κ1) is 16.8. The van der Waals surface area contributed by atoms with Crippen molar-refractivity contribution in [3.8, 4) is 0 Å². The summed E-state index contributed by atoms with van der Waals surface area (Å²) in [6.07, 6.45) is 0.227. The van der Waals surface area contributed by atoms with Crippen molar-refractivity contribution in [2.24, 2.45) is 5.92 Å². The molecule has 1 aliphatic heterocycles. The Bertz CT molecular complexity index is 562. The van der Waals surface area contributed by atoms with Crippen LogP contribution < -0.4 is 0 Å². The summed E-state index contributed by atoms with van der Waals surface area (Å²) in [5.41, 5.74) is -0.00592. The molecule has 0 spiro atoms. The predicted molar refractivity (Wildman–Crippen MR) is 86.3 cm³/mol. The second kappa shape index (κ2) is 6.29. The van der Waals surface area contributed by atoms with E-state index in [4.69, 9.17) is 16.3 Å². The van der Waals surface area contributed by atoms with Crippen LogP contribution in [0.25, 0.3) is 0 Å². The van der Waals surface area contributed by atoms with Crippen LogP contribution in [0.4, 0.5) is 4.79 Å². The molecule has 4 nitrogen and oxygen atoms in total. The quantitative estimate of drug-likeness (QED) is 0.767. The van der Waals surface area contributed by atoms with Crippen LogP contribution in [0, 0.1) is 5.92 Å². The van der Waals surface area contributed by atoms with Gasteiger partial charge in [0.1, 0.15) is 5.60 Å². The van der Waals surface area contributed by atoms with Crippen LogP contribution in [0.3, 0.4) is 0 Å². The van der Waals surface area contributed by atoms with Gasteiger partial charge in [0, 0.05) is 17.1 Å². The maximum atomic E-state index is 12.7. The molecule has 1 aromatic carbocycles. The third kappa shape index (κ3) is 4.01. The van der Waals surface area contributed by atoms with Crippen LogP contribution in [0.2, 0.25) is 5.02 Å². The van der Waals surface area contributed by atoms with Crippen molar-refractivity contribution in [2.75, 3.05) is 6.54 Å². The fraction of sp³-hybridized carbons (Fsp3) is 0.529. The van der Waals surface area contributed by atoms with Gasteiger partial charge in [-0.3, -0.25) is 9.69 Å². The van der Waals surface area contributed by atoms with E-state index in [9.17, 15) is 9.59 Å². The van der Waals surface area contributed by atoms with Crippen LogP contribution in [-0.4, -0.2) is 35.0 Å². The Morgan fingerprint density at radius 3 is 2.36 bits per heavy atom. The first-order chi connectivity index (χ1) is 10.2.